The van der Waals surface area contributed by atoms with E-state index in [1.165, 1.54) is 4.90 Å². The number of benzene rings is 1. The first-order valence-corrected chi connectivity index (χ1v) is 10.3. The molecule has 2 rings (SSSR count). The smallest absolute Gasteiger partial charge is 0.322 e. The Morgan fingerprint density at radius 2 is 1.78 bits per heavy atom. The normalized spacial score (nSPS) is 17.3. The summed E-state index contributed by atoms with van der Waals surface area (Å²) < 4.78 is 0. The average Bonchev–Trinajstić information content (AvgIpc) is 3.25. The van der Waals surface area contributed by atoms with Gasteiger partial charge in [0.15, 0.2) is 0 Å². The maximum atomic E-state index is 13.0. The number of carboxylic acid groups (broad SMARTS) is 2. The second-order valence-electron chi connectivity index (χ2n) is 7.59. The van der Waals surface area contributed by atoms with Gasteiger partial charge in [-0.3, -0.25) is 24.0 Å². The summed E-state index contributed by atoms with van der Waals surface area (Å²) in [6.45, 7) is -0.293. The second-order valence-corrected chi connectivity index (χ2v) is 7.59. The quantitative estimate of drug-likeness (QED) is 0.289. The first kappa shape index (κ1) is 24.8. The van der Waals surface area contributed by atoms with Crippen LogP contribution in [0.4, 0.5) is 0 Å². The molecule has 0 aliphatic carbocycles. The molecule has 0 bridgehead atoms. The zero-order chi connectivity index (χ0) is 23.7. The van der Waals surface area contributed by atoms with E-state index in [1.54, 1.807) is 30.3 Å². The van der Waals surface area contributed by atoms with Gasteiger partial charge in [0, 0.05) is 19.4 Å². The number of nitrogens with zero attached hydrogens (tertiary/aromatic N) is 1. The molecule has 1 heterocycles. The molecule has 0 spiro atoms. The molecule has 11 nitrogen and oxygen atoms in total. The van der Waals surface area contributed by atoms with Crippen molar-refractivity contribution in [2.45, 2.75) is 50.2 Å². The number of amides is 3. The molecule has 3 amide bonds. The van der Waals surface area contributed by atoms with Gasteiger partial charge in [-0.15, -0.1) is 0 Å². The number of hydrogen-bond donors (Lipinski definition) is 5. The molecule has 1 aromatic carbocycles. The summed E-state index contributed by atoms with van der Waals surface area (Å²) in [7, 11) is 0. The van der Waals surface area contributed by atoms with E-state index in [2.05, 4.69) is 10.6 Å². The SMILES string of the molecule is NC(CCC(=O)O)C(=O)N1CCCC1C(=O)NC(Cc1ccccc1)C(=O)NCC(=O)O. The minimum absolute atomic E-state index is 0.0484. The van der Waals surface area contributed by atoms with Crippen molar-refractivity contribution in [3.05, 3.63) is 35.9 Å². The third-order valence-electron chi connectivity index (χ3n) is 5.15. The van der Waals surface area contributed by atoms with Crippen molar-refractivity contribution < 1.29 is 34.2 Å². The molecule has 0 aromatic heterocycles. The molecular weight excluding hydrogens is 420 g/mol. The Bertz CT molecular complexity index is 846. The van der Waals surface area contributed by atoms with Gasteiger partial charge < -0.3 is 31.5 Å². The summed E-state index contributed by atoms with van der Waals surface area (Å²) in [5.74, 6) is -4.00. The highest BCUT2D eigenvalue weighted by Gasteiger charge is 2.37. The van der Waals surface area contributed by atoms with Crippen LogP contribution in [0.2, 0.25) is 0 Å². The van der Waals surface area contributed by atoms with Gasteiger partial charge in [0.25, 0.3) is 0 Å². The van der Waals surface area contributed by atoms with Crippen LogP contribution in [0.5, 0.6) is 0 Å². The van der Waals surface area contributed by atoms with Crippen LogP contribution < -0.4 is 16.4 Å². The largest absolute Gasteiger partial charge is 0.481 e. The van der Waals surface area contributed by atoms with Crippen molar-refractivity contribution in [1.29, 1.82) is 0 Å². The minimum atomic E-state index is -1.22. The maximum Gasteiger partial charge on any atom is 0.322 e. The number of nitrogens with one attached hydrogen (secondary N) is 2. The summed E-state index contributed by atoms with van der Waals surface area (Å²) in [5, 5.41) is 22.5. The predicted octanol–water partition coefficient (Wildman–Crippen LogP) is -0.902. The fourth-order valence-corrected chi connectivity index (χ4v) is 3.53. The van der Waals surface area contributed by atoms with Crippen LogP contribution in [0, 0.1) is 0 Å². The minimum Gasteiger partial charge on any atom is -0.481 e. The Morgan fingerprint density at radius 1 is 1.09 bits per heavy atom. The molecule has 0 radical (unpaired) electrons. The number of rotatable bonds is 11. The topological polar surface area (TPSA) is 179 Å². The number of carbonyl (C=O) groups excluding carboxylic acids is 3. The van der Waals surface area contributed by atoms with Gasteiger partial charge in [-0.1, -0.05) is 30.3 Å². The molecule has 1 saturated heterocycles. The maximum absolute atomic E-state index is 13.0. The van der Waals surface area contributed by atoms with E-state index in [-0.39, 0.29) is 19.3 Å². The van der Waals surface area contributed by atoms with Gasteiger partial charge in [-0.05, 0) is 24.8 Å². The van der Waals surface area contributed by atoms with E-state index in [0.29, 0.717) is 19.4 Å². The van der Waals surface area contributed by atoms with E-state index < -0.39 is 54.3 Å². The molecule has 1 aliphatic rings. The lowest BCUT2D eigenvalue weighted by atomic mass is 10.0. The zero-order valence-corrected chi connectivity index (χ0v) is 17.5. The Hall–Kier alpha value is -3.47. The molecule has 0 saturated carbocycles. The summed E-state index contributed by atoms with van der Waals surface area (Å²) in [6.07, 6.45) is 0.757. The molecule has 3 unspecified atom stereocenters. The highest BCUT2D eigenvalue weighted by atomic mass is 16.4. The average molecular weight is 448 g/mol. The Balaban J connectivity index is 2.08. The van der Waals surface area contributed by atoms with E-state index >= 15 is 0 Å². The van der Waals surface area contributed by atoms with E-state index in [0.717, 1.165) is 5.56 Å². The predicted molar refractivity (Wildman–Crippen MR) is 112 cm³/mol. The third kappa shape index (κ3) is 7.34. The number of carbonyl (C=O) groups is 5. The molecule has 1 aliphatic heterocycles. The summed E-state index contributed by atoms with van der Waals surface area (Å²) in [5.41, 5.74) is 6.58. The van der Waals surface area contributed by atoms with Crippen LogP contribution in [0.15, 0.2) is 30.3 Å². The van der Waals surface area contributed by atoms with Gasteiger partial charge in [-0.25, -0.2) is 0 Å². The number of carboxylic acids is 2. The highest BCUT2D eigenvalue weighted by molar-refractivity contribution is 5.94. The fourth-order valence-electron chi connectivity index (χ4n) is 3.53. The van der Waals surface area contributed by atoms with Gasteiger partial charge in [0.2, 0.25) is 17.7 Å². The van der Waals surface area contributed by atoms with Gasteiger partial charge in [0.1, 0.15) is 18.6 Å². The van der Waals surface area contributed by atoms with Crippen molar-refractivity contribution in [1.82, 2.24) is 15.5 Å². The van der Waals surface area contributed by atoms with E-state index in [4.69, 9.17) is 15.9 Å². The van der Waals surface area contributed by atoms with E-state index in [1.807, 2.05) is 0 Å². The number of hydrogen-bond acceptors (Lipinski definition) is 6. The van der Waals surface area contributed by atoms with Crippen LogP contribution in [0.25, 0.3) is 0 Å². The molecule has 1 aromatic rings. The second kappa shape index (κ2) is 11.8. The van der Waals surface area contributed by atoms with Crippen molar-refractivity contribution in [2.75, 3.05) is 13.1 Å². The van der Waals surface area contributed by atoms with E-state index in [9.17, 15) is 24.0 Å². The molecular formula is C21H28N4O7. The number of likely N-dealkylation sites (tertiary alicyclic amines) is 1. The van der Waals surface area contributed by atoms with Gasteiger partial charge >= 0.3 is 11.9 Å². The lowest BCUT2D eigenvalue weighted by Crippen LogP contribution is -2.56. The van der Waals surface area contributed by atoms with Crippen LogP contribution in [-0.2, 0) is 30.4 Å². The van der Waals surface area contributed by atoms with Crippen molar-refractivity contribution >= 4 is 29.7 Å². The molecule has 3 atom stereocenters. The van der Waals surface area contributed by atoms with Gasteiger partial charge in [0.05, 0.1) is 6.04 Å². The lowest BCUT2D eigenvalue weighted by molar-refractivity contribution is -0.142. The summed E-state index contributed by atoms with van der Waals surface area (Å²) in [6, 6.07) is 5.98. The molecule has 174 valence electrons. The van der Waals surface area contributed by atoms with Crippen LogP contribution in [0.1, 0.15) is 31.2 Å². The monoisotopic (exact) mass is 448 g/mol. The number of nitrogens with two attached hydrogens (primary N) is 1. The van der Waals surface area contributed by atoms with Crippen LogP contribution in [-0.4, -0.2) is 76.0 Å². The highest BCUT2D eigenvalue weighted by Crippen LogP contribution is 2.19. The molecule has 1 fully saturated rings. The summed E-state index contributed by atoms with van der Waals surface area (Å²) >= 11 is 0. The Kier molecular flexibility index (Phi) is 9.14. The Labute approximate surface area is 184 Å². The summed E-state index contributed by atoms with van der Waals surface area (Å²) in [4.78, 5) is 61.0. The third-order valence-corrected chi connectivity index (χ3v) is 5.15. The van der Waals surface area contributed by atoms with Crippen LogP contribution in [0.3, 0.4) is 0 Å². The Morgan fingerprint density at radius 3 is 2.41 bits per heavy atom. The molecule has 32 heavy (non-hydrogen) atoms. The first-order valence-electron chi connectivity index (χ1n) is 10.3. The van der Waals surface area contributed by atoms with Crippen molar-refractivity contribution in [2.24, 2.45) is 5.73 Å². The van der Waals surface area contributed by atoms with Crippen molar-refractivity contribution in [3.8, 4) is 0 Å². The first-order chi connectivity index (χ1) is 15.2. The molecule has 6 N–H and O–H groups in total. The standard InChI is InChI=1S/C21H28N4O7/c22-14(8-9-17(26)27)21(32)25-10-4-7-16(25)20(31)24-15(19(30)23-12-18(28)29)11-13-5-2-1-3-6-13/h1-3,5-6,14-16H,4,7-12,22H2,(H,23,30)(H,24,31)(H,26,27)(H,28,29). The number of aliphatic carboxylic acids is 2. The molecule has 11 heteroatoms. The van der Waals surface area contributed by atoms with Crippen LogP contribution >= 0.6 is 0 Å². The zero-order valence-electron chi connectivity index (χ0n) is 17.5. The fraction of sp³-hybridized carbons (Fsp3) is 0.476. The van der Waals surface area contributed by atoms with Gasteiger partial charge in [-0.2, -0.15) is 0 Å². The van der Waals surface area contributed by atoms with Crippen molar-refractivity contribution in [3.63, 3.8) is 0 Å². The lowest BCUT2D eigenvalue weighted by Gasteiger charge is -2.28.